The minimum Gasteiger partial charge on any atom is -0.348 e. The molecule has 1 aliphatic rings. The van der Waals surface area contributed by atoms with Gasteiger partial charge >= 0.3 is 6.18 Å². The van der Waals surface area contributed by atoms with E-state index >= 15 is 0 Å². The predicted molar refractivity (Wildman–Crippen MR) is 82.3 cm³/mol. The minimum atomic E-state index is -4.73. The van der Waals surface area contributed by atoms with Crippen molar-refractivity contribution in [3.63, 3.8) is 0 Å². The highest BCUT2D eigenvalue weighted by molar-refractivity contribution is 6.30. The quantitative estimate of drug-likeness (QED) is 0.886. The Morgan fingerprint density at radius 3 is 2.62 bits per heavy atom. The summed E-state index contributed by atoms with van der Waals surface area (Å²) < 4.78 is 41.2. The summed E-state index contributed by atoms with van der Waals surface area (Å²) in [5.41, 5.74) is -1.43. The average Bonchev–Trinajstić information content (AvgIpc) is 3.16. The summed E-state index contributed by atoms with van der Waals surface area (Å²) in [6.07, 6.45) is -3.11. The van der Waals surface area contributed by atoms with Crippen molar-refractivity contribution in [2.24, 2.45) is 0 Å². The average molecular weight is 359 g/mol. The number of alkyl halides is 3. The number of carbonyl (C=O) groups is 1. The zero-order valence-electron chi connectivity index (χ0n) is 12.4. The maximum atomic E-state index is 13.5. The lowest BCUT2D eigenvalue weighted by Gasteiger charge is -2.14. The Labute approximate surface area is 140 Å². The summed E-state index contributed by atoms with van der Waals surface area (Å²) in [5.74, 6) is -0.781. The van der Waals surface area contributed by atoms with Gasteiger partial charge in [0.15, 0.2) is 5.69 Å². The number of carbonyl (C=O) groups excluding carboxylic acids is 1. The fourth-order valence-electron chi connectivity index (χ4n) is 2.61. The van der Waals surface area contributed by atoms with Gasteiger partial charge in [-0.25, -0.2) is 4.68 Å². The normalized spacial score (nSPS) is 17.9. The van der Waals surface area contributed by atoms with Crippen LogP contribution in [0.25, 0.3) is 5.69 Å². The second-order valence-corrected chi connectivity index (χ2v) is 5.89. The van der Waals surface area contributed by atoms with Crippen LogP contribution in [-0.2, 0) is 6.18 Å². The summed E-state index contributed by atoms with van der Waals surface area (Å²) in [5, 5.41) is 9.80. The molecule has 0 bridgehead atoms. The molecule has 1 saturated heterocycles. The topological polar surface area (TPSA) is 59.0 Å². The number of hydrogen-bond donors (Lipinski definition) is 2. The van der Waals surface area contributed by atoms with Crippen LogP contribution in [0.2, 0.25) is 5.02 Å². The molecule has 1 aliphatic heterocycles. The highest BCUT2D eigenvalue weighted by Gasteiger charge is 2.40. The lowest BCUT2D eigenvalue weighted by Crippen LogP contribution is -2.37. The third-order valence-electron chi connectivity index (χ3n) is 3.75. The molecule has 1 aromatic heterocycles. The van der Waals surface area contributed by atoms with Crippen molar-refractivity contribution in [3.8, 4) is 5.69 Å². The number of nitrogens with one attached hydrogen (secondary N) is 2. The zero-order chi connectivity index (χ0) is 17.3. The van der Waals surface area contributed by atoms with Crippen LogP contribution >= 0.6 is 11.6 Å². The molecule has 1 amide bonds. The van der Waals surface area contributed by atoms with E-state index in [2.05, 4.69) is 15.7 Å². The molecule has 3 rings (SSSR count). The molecule has 0 aliphatic carbocycles. The molecule has 0 radical (unpaired) electrons. The molecule has 1 fully saturated rings. The number of amides is 1. The molecule has 5 nitrogen and oxygen atoms in total. The lowest BCUT2D eigenvalue weighted by atomic mass is 10.2. The van der Waals surface area contributed by atoms with Crippen molar-refractivity contribution in [2.75, 3.05) is 13.1 Å². The van der Waals surface area contributed by atoms with Crippen molar-refractivity contribution < 1.29 is 18.0 Å². The van der Waals surface area contributed by atoms with Gasteiger partial charge in [-0.3, -0.25) is 4.79 Å². The molecule has 1 unspecified atom stereocenters. The Bertz CT molecular complexity index is 736. The van der Waals surface area contributed by atoms with Crippen LogP contribution in [0.1, 0.15) is 22.5 Å². The fourth-order valence-corrected chi connectivity index (χ4v) is 2.73. The third kappa shape index (κ3) is 3.39. The number of rotatable bonds is 3. The van der Waals surface area contributed by atoms with Crippen LogP contribution in [0.5, 0.6) is 0 Å². The van der Waals surface area contributed by atoms with E-state index in [0.29, 0.717) is 22.7 Å². The van der Waals surface area contributed by atoms with E-state index in [9.17, 15) is 18.0 Å². The summed E-state index contributed by atoms with van der Waals surface area (Å²) >= 11 is 5.76. The molecule has 0 saturated carbocycles. The van der Waals surface area contributed by atoms with Crippen LogP contribution in [0.4, 0.5) is 13.2 Å². The number of aromatic nitrogens is 2. The molecule has 24 heavy (non-hydrogen) atoms. The van der Waals surface area contributed by atoms with Crippen LogP contribution < -0.4 is 10.6 Å². The number of benzene rings is 1. The van der Waals surface area contributed by atoms with Crippen LogP contribution in [0.3, 0.4) is 0 Å². The highest BCUT2D eigenvalue weighted by atomic mass is 35.5. The summed E-state index contributed by atoms with van der Waals surface area (Å²) in [7, 11) is 0. The van der Waals surface area contributed by atoms with Gasteiger partial charge in [-0.2, -0.15) is 18.3 Å². The van der Waals surface area contributed by atoms with Gasteiger partial charge in [-0.1, -0.05) is 11.6 Å². The van der Waals surface area contributed by atoms with Gasteiger partial charge in [0.25, 0.3) is 5.91 Å². The monoisotopic (exact) mass is 358 g/mol. The van der Waals surface area contributed by atoms with Gasteiger partial charge in [0.05, 0.1) is 17.4 Å². The standard InChI is InChI=1S/C15H14ClF3N4O/c16-9-1-3-11(4-2-9)23-13(15(17,18)19)12(8-21-23)14(24)22-10-5-6-20-7-10/h1-4,8,10,20H,5-7H2,(H,22,24). The van der Waals surface area contributed by atoms with E-state index in [4.69, 9.17) is 11.6 Å². The van der Waals surface area contributed by atoms with Crippen LogP contribution in [0.15, 0.2) is 30.5 Å². The summed E-state index contributed by atoms with van der Waals surface area (Å²) in [6.45, 7) is 1.26. The molecular formula is C15H14ClF3N4O. The lowest BCUT2D eigenvalue weighted by molar-refractivity contribution is -0.143. The Morgan fingerprint density at radius 2 is 2.04 bits per heavy atom. The van der Waals surface area contributed by atoms with Gasteiger partial charge in [0.2, 0.25) is 0 Å². The molecule has 2 aromatic rings. The number of nitrogens with zero attached hydrogens (tertiary/aromatic N) is 2. The number of hydrogen-bond acceptors (Lipinski definition) is 3. The largest absolute Gasteiger partial charge is 0.434 e. The van der Waals surface area contributed by atoms with Crippen molar-refractivity contribution in [2.45, 2.75) is 18.6 Å². The molecule has 9 heteroatoms. The Morgan fingerprint density at radius 1 is 1.33 bits per heavy atom. The Kier molecular flexibility index (Phi) is 4.51. The zero-order valence-corrected chi connectivity index (χ0v) is 13.2. The van der Waals surface area contributed by atoms with E-state index in [1.807, 2.05) is 0 Å². The van der Waals surface area contributed by atoms with Gasteiger partial charge in [-0.15, -0.1) is 0 Å². The molecule has 1 aromatic carbocycles. The Hall–Kier alpha value is -2.06. The van der Waals surface area contributed by atoms with E-state index in [0.717, 1.165) is 12.7 Å². The van der Waals surface area contributed by atoms with Crippen LogP contribution in [0, 0.1) is 0 Å². The highest BCUT2D eigenvalue weighted by Crippen LogP contribution is 2.33. The first kappa shape index (κ1) is 16.8. The molecular weight excluding hydrogens is 345 g/mol. The second-order valence-electron chi connectivity index (χ2n) is 5.46. The van der Waals surface area contributed by atoms with Gasteiger partial charge in [0.1, 0.15) is 0 Å². The van der Waals surface area contributed by atoms with Crippen molar-refractivity contribution >= 4 is 17.5 Å². The first-order chi connectivity index (χ1) is 11.4. The summed E-state index contributed by atoms with van der Waals surface area (Å²) in [4.78, 5) is 12.3. The molecule has 2 heterocycles. The van der Waals surface area contributed by atoms with Crippen molar-refractivity contribution in [3.05, 3.63) is 46.7 Å². The fraction of sp³-hybridized carbons (Fsp3) is 0.333. The molecule has 2 N–H and O–H groups in total. The third-order valence-corrected chi connectivity index (χ3v) is 4.00. The molecule has 1 atom stereocenters. The minimum absolute atomic E-state index is 0.174. The smallest absolute Gasteiger partial charge is 0.348 e. The van der Waals surface area contributed by atoms with Gasteiger partial charge in [-0.05, 0) is 37.2 Å². The first-order valence-corrected chi connectivity index (χ1v) is 7.67. The van der Waals surface area contributed by atoms with E-state index < -0.39 is 23.3 Å². The Balaban J connectivity index is 1.97. The molecule has 128 valence electrons. The van der Waals surface area contributed by atoms with Crippen molar-refractivity contribution in [1.82, 2.24) is 20.4 Å². The SMILES string of the molecule is O=C(NC1CCNC1)c1cnn(-c2ccc(Cl)cc2)c1C(F)(F)F. The maximum Gasteiger partial charge on any atom is 0.434 e. The van der Waals surface area contributed by atoms with Gasteiger partial charge < -0.3 is 10.6 Å². The maximum absolute atomic E-state index is 13.5. The predicted octanol–water partition coefficient (Wildman–Crippen LogP) is 2.64. The van der Waals surface area contributed by atoms with Crippen molar-refractivity contribution in [1.29, 1.82) is 0 Å². The van der Waals surface area contributed by atoms with E-state index in [1.54, 1.807) is 0 Å². The van der Waals surface area contributed by atoms with E-state index in [-0.39, 0.29) is 11.7 Å². The number of halogens is 4. The first-order valence-electron chi connectivity index (χ1n) is 7.29. The van der Waals surface area contributed by atoms with Crippen LogP contribution in [-0.4, -0.2) is 34.8 Å². The van der Waals surface area contributed by atoms with Gasteiger partial charge in [0, 0.05) is 17.6 Å². The second kappa shape index (κ2) is 6.45. The summed E-state index contributed by atoms with van der Waals surface area (Å²) in [6, 6.07) is 5.56. The molecule has 0 spiro atoms. The van der Waals surface area contributed by atoms with E-state index in [1.165, 1.54) is 24.3 Å².